The van der Waals surface area contributed by atoms with Crippen molar-refractivity contribution < 1.29 is 14.6 Å². The normalized spacial score (nSPS) is 20.0. The molecule has 32 heavy (non-hydrogen) atoms. The number of hydrogen-bond acceptors (Lipinski definition) is 7. The van der Waals surface area contributed by atoms with Gasteiger partial charge in [-0.25, -0.2) is 14.8 Å². The van der Waals surface area contributed by atoms with E-state index in [9.17, 15) is 9.90 Å². The third kappa shape index (κ3) is 5.38. The molecule has 2 saturated heterocycles. The molecular weight excluding hydrogens is 430 g/mol. The largest absolute Gasteiger partial charge is 0.445 e. The van der Waals surface area contributed by atoms with E-state index in [0.717, 1.165) is 24.3 Å². The van der Waals surface area contributed by atoms with Gasteiger partial charge >= 0.3 is 6.09 Å². The first-order valence-corrected chi connectivity index (χ1v) is 11.5. The van der Waals surface area contributed by atoms with Gasteiger partial charge in [-0.2, -0.15) is 0 Å². The fourth-order valence-corrected chi connectivity index (χ4v) is 4.84. The number of aliphatic hydroxyl groups is 1. The molecule has 8 nitrogen and oxygen atoms in total. The van der Waals surface area contributed by atoms with E-state index in [1.165, 1.54) is 0 Å². The lowest BCUT2D eigenvalue weighted by molar-refractivity contribution is -0.0808. The summed E-state index contributed by atoms with van der Waals surface area (Å²) in [5, 5.41) is 15.3. The van der Waals surface area contributed by atoms with Gasteiger partial charge in [-0.05, 0) is 44.5 Å². The molecule has 0 spiro atoms. The number of nitrogens with one attached hydrogen (secondary N) is 1. The Kier molecular flexibility index (Phi) is 7.25. The second-order valence-electron chi connectivity index (χ2n) is 8.48. The highest BCUT2D eigenvalue weighted by Gasteiger charge is 2.44. The molecule has 0 aliphatic carbocycles. The van der Waals surface area contributed by atoms with Crippen LogP contribution < -0.4 is 5.32 Å². The molecule has 1 atom stereocenters. The van der Waals surface area contributed by atoms with Gasteiger partial charge in [-0.1, -0.05) is 41.9 Å². The van der Waals surface area contributed by atoms with Crippen LogP contribution in [0.5, 0.6) is 0 Å². The zero-order valence-electron chi connectivity index (χ0n) is 18.3. The summed E-state index contributed by atoms with van der Waals surface area (Å²) in [5.41, 5.74) is 0.765. The molecule has 9 heteroatoms. The second-order valence-corrected chi connectivity index (χ2v) is 8.87. The number of piperidine rings is 1. The number of ether oxygens (including phenoxy) is 1. The summed E-state index contributed by atoms with van der Waals surface area (Å²) in [6, 6.07) is 11.1. The number of carbonyl (C=O) groups is 1. The SMILES string of the molecule is Cc1nc(Cl)cc(C(N2CCN(C(=O)OCc3ccccc3)CC2)C2(O)CCNCC2)n1. The van der Waals surface area contributed by atoms with E-state index in [1.54, 1.807) is 17.9 Å². The van der Waals surface area contributed by atoms with E-state index in [1.807, 2.05) is 30.3 Å². The summed E-state index contributed by atoms with van der Waals surface area (Å²) in [5.74, 6) is 0.582. The van der Waals surface area contributed by atoms with Crippen molar-refractivity contribution >= 4 is 17.7 Å². The molecule has 0 saturated carbocycles. The number of nitrogens with zero attached hydrogens (tertiary/aromatic N) is 4. The summed E-state index contributed by atoms with van der Waals surface area (Å²) < 4.78 is 5.49. The Morgan fingerprint density at radius 3 is 2.53 bits per heavy atom. The molecule has 4 rings (SSSR count). The van der Waals surface area contributed by atoms with E-state index in [-0.39, 0.29) is 18.7 Å². The highest BCUT2D eigenvalue weighted by molar-refractivity contribution is 6.29. The number of piperazine rings is 1. The molecular formula is C23H30ClN5O3. The summed E-state index contributed by atoms with van der Waals surface area (Å²) in [6.45, 7) is 5.83. The van der Waals surface area contributed by atoms with Crippen LogP contribution in [0, 0.1) is 6.92 Å². The first-order chi connectivity index (χ1) is 15.4. The molecule has 3 heterocycles. The fourth-order valence-electron chi connectivity index (χ4n) is 4.60. The Bertz CT molecular complexity index is 895. The average Bonchev–Trinajstić information content (AvgIpc) is 2.78. The van der Waals surface area contributed by atoms with Gasteiger partial charge in [0.1, 0.15) is 17.6 Å². The first kappa shape index (κ1) is 22.9. The number of halogens is 1. The fraction of sp³-hybridized carbons (Fsp3) is 0.522. The van der Waals surface area contributed by atoms with Crippen molar-refractivity contribution in [3.05, 3.63) is 58.6 Å². The van der Waals surface area contributed by atoms with Crippen LogP contribution in [0.15, 0.2) is 36.4 Å². The van der Waals surface area contributed by atoms with Gasteiger partial charge in [0, 0.05) is 26.2 Å². The number of aromatic nitrogens is 2. The molecule has 172 valence electrons. The molecule has 0 radical (unpaired) electrons. The molecule has 1 unspecified atom stereocenters. The summed E-state index contributed by atoms with van der Waals surface area (Å²) in [7, 11) is 0. The second kappa shape index (κ2) is 10.1. The molecule has 2 aliphatic rings. The minimum atomic E-state index is -0.925. The van der Waals surface area contributed by atoms with Crippen molar-refractivity contribution in [1.29, 1.82) is 0 Å². The smallest absolute Gasteiger partial charge is 0.410 e. The Hall–Kier alpha value is -2.26. The van der Waals surface area contributed by atoms with Gasteiger partial charge in [0.25, 0.3) is 0 Å². The van der Waals surface area contributed by atoms with Crippen LogP contribution >= 0.6 is 11.6 Å². The van der Waals surface area contributed by atoms with E-state index in [0.29, 0.717) is 50.0 Å². The molecule has 1 aromatic carbocycles. The third-order valence-corrected chi connectivity index (χ3v) is 6.42. The van der Waals surface area contributed by atoms with E-state index in [2.05, 4.69) is 20.2 Å². The standard InChI is InChI=1S/C23H30ClN5O3/c1-17-26-19(15-20(24)27-17)21(23(31)7-9-25-10-8-23)28-11-13-29(14-12-28)22(30)32-16-18-5-3-2-4-6-18/h2-6,15,21,25,31H,7-14,16H2,1H3. The van der Waals surface area contributed by atoms with Crippen LogP contribution in [0.2, 0.25) is 5.15 Å². The predicted octanol–water partition coefficient (Wildman–Crippen LogP) is 2.55. The van der Waals surface area contributed by atoms with Crippen LogP contribution in [0.25, 0.3) is 0 Å². The first-order valence-electron chi connectivity index (χ1n) is 11.1. The number of hydrogen-bond donors (Lipinski definition) is 2. The van der Waals surface area contributed by atoms with Crippen molar-refractivity contribution in [2.24, 2.45) is 0 Å². The molecule has 2 aromatic rings. The topological polar surface area (TPSA) is 90.8 Å². The van der Waals surface area contributed by atoms with Gasteiger partial charge in [-0.15, -0.1) is 0 Å². The Balaban J connectivity index is 1.44. The Morgan fingerprint density at radius 2 is 1.88 bits per heavy atom. The summed E-state index contributed by atoms with van der Waals surface area (Å²) >= 11 is 6.23. The zero-order valence-corrected chi connectivity index (χ0v) is 19.1. The van der Waals surface area contributed by atoms with E-state index >= 15 is 0 Å². The van der Waals surface area contributed by atoms with Gasteiger partial charge in [-0.3, -0.25) is 4.90 Å². The molecule has 2 N–H and O–H groups in total. The zero-order chi connectivity index (χ0) is 22.6. The van der Waals surface area contributed by atoms with Gasteiger partial charge in [0.15, 0.2) is 0 Å². The van der Waals surface area contributed by atoms with Crippen molar-refractivity contribution in [3.8, 4) is 0 Å². The highest BCUT2D eigenvalue weighted by Crippen LogP contribution is 2.38. The van der Waals surface area contributed by atoms with E-state index in [4.69, 9.17) is 16.3 Å². The quantitative estimate of drug-likeness (QED) is 0.664. The summed E-state index contributed by atoms with van der Waals surface area (Å²) in [4.78, 5) is 25.3. The number of amides is 1. The lowest BCUT2D eigenvalue weighted by Crippen LogP contribution is -2.57. The predicted molar refractivity (Wildman–Crippen MR) is 121 cm³/mol. The minimum Gasteiger partial charge on any atom is -0.445 e. The molecule has 1 amide bonds. The maximum Gasteiger partial charge on any atom is 0.410 e. The molecule has 1 aromatic heterocycles. The molecule has 2 aliphatic heterocycles. The number of rotatable bonds is 5. The van der Waals surface area contributed by atoms with E-state index < -0.39 is 5.60 Å². The van der Waals surface area contributed by atoms with Crippen molar-refractivity contribution in [2.75, 3.05) is 39.3 Å². The monoisotopic (exact) mass is 459 g/mol. The highest BCUT2D eigenvalue weighted by atomic mass is 35.5. The maximum atomic E-state index is 12.6. The lowest BCUT2D eigenvalue weighted by Gasteiger charge is -2.47. The average molecular weight is 460 g/mol. The van der Waals surface area contributed by atoms with Crippen LogP contribution in [0.3, 0.4) is 0 Å². The molecule has 2 fully saturated rings. The third-order valence-electron chi connectivity index (χ3n) is 6.23. The van der Waals surface area contributed by atoms with Crippen molar-refractivity contribution in [3.63, 3.8) is 0 Å². The van der Waals surface area contributed by atoms with Crippen LogP contribution in [-0.4, -0.2) is 75.8 Å². The minimum absolute atomic E-state index is 0.258. The number of carbonyl (C=O) groups excluding carboxylic acids is 1. The van der Waals surface area contributed by atoms with Crippen LogP contribution in [0.1, 0.15) is 36.0 Å². The number of benzene rings is 1. The van der Waals surface area contributed by atoms with Gasteiger partial charge < -0.3 is 20.1 Å². The maximum absolute atomic E-state index is 12.6. The lowest BCUT2D eigenvalue weighted by atomic mass is 9.82. The van der Waals surface area contributed by atoms with Crippen LogP contribution in [-0.2, 0) is 11.3 Å². The van der Waals surface area contributed by atoms with Gasteiger partial charge in [0.2, 0.25) is 0 Å². The van der Waals surface area contributed by atoms with Crippen molar-refractivity contribution in [2.45, 2.75) is 38.0 Å². The van der Waals surface area contributed by atoms with Crippen LogP contribution in [0.4, 0.5) is 4.79 Å². The molecule has 0 bridgehead atoms. The van der Waals surface area contributed by atoms with Gasteiger partial charge in [0.05, 0.1) is 17.3 Å². The Labute approximate surface area is 193 Å². The number of aryl methyl sites for hydroxylation is 1. The Morgan fingerprint density at radius 1 is 1.19 bits per heavy atom. The van der Waals surface area contributed by atoms with Crippen molar-refractivity contribution in [1.82, 2.24) is 25.1 Å². The summed E-state index contributed by atoms with van der Waals surface area (Å²) in [6.07, 6.45) is 0.932.